The Morgan fingerprint density at radius 3 is 2.00 bits per heavy atom. The highest BCUT2D eigenvalue weighted by Gasteiger charge is 2.18. The number of hydrogen-bond acceptors (Lipinski definition) is 5. The van der Waals surface area contributed by atoms with Crippen LogP contribution in [0.3, 0.4) is 0 Å². The second-order valence-corrected chi connectivity index (χ2v) is 9.10. The van der Waals surface area contributed by atoms with Gasteiger partial charge in [0.1, 0.15) is 4.21 Å². The van der Waals surface area contributed by atoms with Crippen LogP contribution in [-0.2, 0) is 10.0 Å². The molecule has 2 aromatic carbocycles. The van der Waals surface area contributed by atoms with E-state index in [-0.39, 0.29) is 10.3 Å². The predicted octanol–water partition coefficient (Wildman–Crippen LogP) is 5.11. The summed E-state index contributed by atoms with van der Waals surface area (Å²) in [4.78, 5) is 4.29. The molecule has 0 fully saturated rings. The van der Waals surface area contributed by atoms with Crippen LogP contribution in [0.1, 0.15) is 17.2 Å². The lowest BCUT2D eigenvalue weighted by Crippen LogP contribution is -2.12. The number of nitrogens with zero attached hydrogens (tertiary/aromatic N) is 1. The summed E-state index contributed by atoms with van der Waals surface area (Å²) in [5, 5.41) is 1.72. The number of aromatic nitrogens is 1. The molecule has 2 heterocycles. The van der Waals surface area contributed by atoms with E-state index in [4.69, 9.17) is 4.74 Å². The zero-order valence-corrected chi connectivity index (χ0v) is 16.9. The highest BCUT2D eigenvalue weighted by Crippen LogP contribution is 2.28. The number of benzene rings is 2. The minimum absolute atomic E-state index is 0.256. The van der Waals surface area contributed by atoms with E-state index >= 15 is 0 Å². The Balaban J connectivity index is 1.55. The van der Waals surface area contributed by atoms with Gasteiger partial charge >= 0.3 is 0 Å². The van der Waals surface area contributed by atoms with E-state index in [9.17, 15) is 8.42 Å². The molecule has 0 aliphatic heterocycles. The minimum Gasteiger partial charge on any atom is -0.465 e. The maximum atomic E-state index is 12.3. The summed E-state index contributed by atoms with van der Waals surface area (Å²) in [5.74, 6) is 0.404. The lowest BCUT2D eigenvalue weighted by Gasteiger charge is -2.19. The average molecular weight is 423 g/mol. The molecule has 0 bridgehead atoms. The van der Waals surface area contributed by atoms with E-state index in [0.29, 0.717) is 11.6 Å². The molecule has 4 rings (SSSR count). The van der Waals surface area contributed by atoms with Crippen LogP contribution in [0.15, 0.2) is 101 Å². The normalized spacial score (nSPS) is 11.3. The molecule has 0 unspecified atom stereocenters. The maximum Gasteiger partial charge on any atom is 0.271 e. The number of rotatable bonds is 7. The number of nitrogens with one attached hydrogen (secondary N) is 1. The summed E-state index contributed by atoms with van der Waals surface area (Å²) in [6.45, 7) is 0. The van der Waals surface area contributed by atoms with Crippen molar-refractivity contribution in [1.29, 1.82) is 0 Å². The summed E-state index contributed by atoms with van der Waals surface area (Å²) < 4.78 is 33.6. The summed E-state index contributed by atoms with van der Waals surface area (Å²) in [7, 11) is -3.60. The molecule has 5 nitrogen and oxygen atoms in total. The summed E-state index contributed by atoms with van der Waals surface area (Å²) in [6.07, 6.45) is 1.13. The second-order valence-electron chi connectivity index (χ2n) is 6.24. The number of pyridine rings is 1. The lowest BCUT2D eigenvalue weighted by atomic mass is 10.0. The molecule has 1 N–H and O–H groups in total. The van der Waals surface area contributed by atoms with E-state index in [1.807, 2.05) is 60.7 Å². The monoisotopic (exact) mass is 422 g/mol. The highest BCUT2D eigenvalue weighted by molar-refractivity contribution is 7.94. The van der Waals surface area contributed by atoms with Crippen molar-refractivity contribution >= 4 is 27.0 Å². The number of ether oxygens (including phenoxy) is 1. The van der Waals surface area contributed by atoms with Gasteiger partial charge in [0.05, 0.1) is 11.9 Å². The van der Waals surface area contributed by atoms with Crippen molar-refractivity contribution in [2.45, 2.75) is 10.3 Å². The summed E-state index contributed by atoms with van der Waals surface area (Å²) in [6, 6.07) is 26.3. The van der Waals surface area contributed by atoms with Crippen molar-refractivity contribution in [3.63, 3.8) is 0 Å². The Kier molecular flexibility index (Phi) is 5.59. The molecule has 0 atom stereocenters. The van der Waals surface area contributed by atoms with E-state index in [1.54, 1.807) is 29.6 Å². The van der Waals surface area contributed by atoms with E-state index in [0.717, 1.165) is 22.5 Å². The Labute approximate surface area is 173 Å². The van der Waals surface area contributed by atoms with Gasteiger partial charge in [-0.25, -0.2) is 13.4 Å². The third-order valence-corrected chi connectivity index (χ3v) is 6.97. The zero-order chi connectivity index (χ0) is 20.1. The van der Waals surface area contributed by atoms with Crippen LogP contribution in [0.2, 0.25) is 0 Å². The smallest absolute Gasteiger partial charge is 0.271 e. The highest BCUT2D eigenvalue weighted by atomic mass is 32.2. The van der Waals surface area contributed by atoms with Crippen molar-refractivity contribution in [3.8, 4) is 5.88 Å². The van der Waals surface area contributed by atoms with Crippen molar-refractivity contribution in [3.05, 3.63) is 108 Å². The Bertz CT molecular complexity index is 1110. The molecule has 0 saturated carbocycles. The molecule has 0 aliphatic carbocycles. The van der Waals surface area contributed by atoms with E-state index in [1.165, 1.54) is 6.20 Å². The summed E-state index contributed by atoms with van der Waals surface area (Å²) in [5.41, 5.74) is 2.38. The van der Waals surface area contributed by atoms with Crippen LogP contribution in [0, 0.1) is 0 Å². The third-order valence-electron chi connectivity index (χ3n) is 4.19. The van der Waals surface area contributed by atoms with Gasteiger partial charge in [-0.2, -0.15) is 0 Å². The van der Waals surface area contributed by atoms with E-state index < -0.39 is 10.0 Å². The molecule has 0 radical (unpaired) electrons. The minimum atomic E-state index is -3.60. The third kappa shape index (κ3) is 4.64. The molecular formula is C22H18N2O3S2. The predicted molar refractivity (Wildman–Crippen MR) is 115 cm³/mol. The molecule has 146 valence electrons. The fourth-order valence-electron chi connectivity index (χ4n) is 2.84. The van der Waals surface area contributed by atoms with Gasteiger partial charge < -0.3 is 4.74 Å². The Morgan fingerprint density at radius 2 is 1.48 bits per heavy atom. The summed E-state index contributed by atoms with van der Waals surface area (Å²) >= 11 is 1.16. The van der Waals surface area contributed by atoms with Crippen LogP contribution < -0.4 is 9.46 Å². The van der Waals surface area contributed by atoms with Gasteiger partial charge in [0.15, 0.2) is 6.10 Å². The first-order valence-corrected chi connectivity index (χ1v) is 11.3. The van der Waals surface area contributed by atoms with Gasteiger partial charge in [0.2, 0.25) is 5.88 Å². The zero-order valence-electron chi connectivity index (χ0n) is 15.3. The first kappa shape index (κ1) is 19.2. The topological polar surface area (TPSA) is 68.3 Å². The number of thiophene rings is 1. The average Bonchev–Trinajstić information content (AvgIpc) is 3.30. The number of hydrogen-bond donors (Lipinski definition) is 1. The van der Waals surface area contributed by atoms with Crippen molar-refractivity contribution in [1.82, 2.24) is 4.98 Å². The lowest BCUT2D eigenvalue weighted by molar-refractivity contribution is 0.237. The first-order valence-electron chi connectivity index (χ1n) is 8.91. The van der Waals surface area contributed by atoms with Gasteiger partial charge in [0, 0.05) is 6.07 Å². The van der Waals surface area contributed by atoms with Crippen LogP contribution >= 0.6 is 11.3 Å². The van der Waals surface area contributed by atoms with Crippen LogP contribution in [0.4, 0.5) is 5.69 Å². The van der Waals surface area contributed by atoms with E-state index in [2.05, 4.69) is 9.71 Å². The Hall–Kier alpha value is -3.16. The van der Waals surface area contributed by atoms with Crippen molar-refractivity contribution < 1.29 is 13.2 Å². The maximum absolute atomic E-state index is 12.3. The molecular weight excluding hydrogens is 404 g/mol. The molecule has 7 heteroatoms. The van der Waals surface area contributed by atoms with Crippen molar-refractivity contribution in [2.75, 3.05) is 4.72 Å². The fourth-order valence-corrected chi connectivity index (χ4v) is 4.87. The molecule has 29 heavy (non-hydrogen) atoms. The Morgan fingerprint density at radius 1 is 0.828 bits per heavy atom. The van der Waals surface area contributed by atoms with Gasteiger partial charge in [-0.1, -0.05) is 66.7 Å². The molecule has 4 aromatic rings. The number of anilines is 1. The largest absolute Gasteiger partial charge is 0.465 e. The number of sulfonamides is 1. The second kappa shape index (κ2) is 8.46. The van der Waals surface area contributed by atoms with Crippen LogP contribution in [-0.4, -0.2) is 13.4 Å². The van der Waals surface area contributed by atoms with Crippen molar-refractivity contribution in [2.24, 2.45) is 0 Å². The first-order chi connectivity index (χ1) is 14.1. The molecule has 0 aliphatic rings. The van der Waals surface area contributed by atoms with Gasteiger partial charge in [-0.05, 0) is 28.6 Å². The molecule has 0 amide bonds. The molecule has 2 aromatic heterocycles. The van der Waals surface area contributed by atoms with Crippen LogP contribution in [0.25, 0.3) is 0 Å². The molecule has 0 spiro atoms. The molecule has 0 saturated heterocycles. The quantitative estimate of drug-likeness (QED) is 0.449. The standard InChI is InChI=1S/C22H18N2O3S2/c25-29(26,21-12-7-15-28-21)24-19-13-14-20(23-16-19)27-22(17-8-3-1-4-9-17)18-10-5-2-6-11-18/h1-16,22,24H. The van der Waals surface area contributed by atoms with Gasteiger partial charge in [0.25, 0.3) is 10.0 Å². The fraction of sp³-hybridized carbons (Fsp3) is 0.0455. The van der Waals surface area contributed by atoms with Gasteiger partial charge in [-0.3, -0.25) is 4.72 Å². The van der Waals surface area contributed by atoms with Gasteiger partial charge in [-0.15, -0.1) is 11.3 Å². The SMILES string of the molecule is O=S(=O)(Nc1ccc(OC(c2ccccc2)c2ccccc2)nc1)c1cccs1. The van der Waals surface area contributed by atoms with Crippen LogP contribution in [0.5, 0.6) is 5.88 Å².